The molecule has 2 aromatic rings. The Bertz CT molecular complexity index is 664. The molecule has 1 aromatic heterocycles. The summed E-state index contributed by atoms with van der Waals surface area (Å²) in [7, 11) is 1.68. The Morgan fingerprint density at radius 1 is 1.14 bits per heavy atom. The highest BCUT2D eigenvalue weighted by Gasteiger charge is 2.00. The predicted molar refractivity (Wildman–Crippen MR) is 123 cm³/mol. The summed E-state index contributed by atoms with van der Waals surface area (Å²) in [5, 5.41) is 10.9. The van der Waals surface area contributed by atoms with Crippen LogP contribution >= 0.6 is 24.0 Å². The molecule has 0 spiro atoms. The fourth-order valence-electron chi connectivity index (χ4n) is 2.54. The number of hydrogen-bond donors (Lipinski definition) is 2. The zero-order valence-corrected chi connectivity index (χ0v) is 19.1. The van der Waals surface area contributed by atoms with Gasteiger partial charge in [0.15, 0.2) is 5.96 Å². The Kier molecular flexibility index (Phi) is 13.3. The molecule has 0 aliphatic rings. The average Bonchev–Trinajstić information content (AvgIpc) is 3.18. The van der Waals surface area contributed by atoms with Gasteiger partial charge in [-0.2, -0.15) is 5.10 Å². The Hall–Kier alpha value is -1.65. The highest BCUT2D eigenvalue weighted by atomic mass is 127. The SMILES string of the molecule is CCNC(=NCc1cccc(Cn2cccn2)c1)NCCCOCCOC.I. The van der Waals surface area contributed by atoms with Crippen LogP contribution < -0.4 is 10.6 Å². The first kappa shape index (κ1) is 24.4. The van der Waals surface area contributed by atoms with Crippen molar-refractivity contribution < 1.29 is 9.47 Å². The maximum atomic E-state index is 5.47. The molecule has 2 rings (SSSR count). The third-order valence-corrected chi connectivity index (χ3v) is 3.85. The van der Waals surface area contributed by atoms with Gasteiger partial charge in [0.1, 0.15) is 0 Å². The maximum absolute atomic E-state index is 5.47. The average molecular weight is 501 g/mol. The van der Waals surface area contributed by atoms with Crippen LogP contribution in [0.4, 0.5) is 0 Å². The van der Waals surface area contributed by atoms with Crippen molar-refractivity contribution in [3.8, 4) is 0 Å². The molecule has 0 aliphatic heterocycles. The summed E-state index contributed by atoms with van der Waals surface area (Å²) < 4.78 is 12.3. The number of nitrogens with one attached hydrogen (secondary N) is 2. The van der Waals surface area contributed by atoms with E-state index in [1.165, 1.54) is 11.1 Å². The second-order valence-corrected chi connectivity index (χ2v) is 6.10. The van der Waals surface area contributed by atoms with Crippen molar-refractivity contribution >= 4 is 29.9 Å². The number of methoxy groups -OCH3 is 1. The van der Waals surface area contributed by atoms with Gasteiger partial charge in [-0.1, -0.05) is 24.3 Å². The summed E-state index contributed by atoms with van der Waals surface area (Å²) in [6, 6.07) is 10.4. The van der Waals surface area contributed by atoms with Crippen LogP contribution in [0.3, 0.4) is 0 Å². The quantitative estimate of drug-likeness (QED) is 0.203. The predicted octanol–water partition coefficient (Wildman–Crippen LogP) is 2.66. The molecule has 0 amide bonds. The zero-order valence-electron chi connectivity index (χ0n) is 16.8. The van der Waals surface area contributed by atoms with Gasteiger partial charge in [0.05, 0.1) is 26.3 Å². The maximum Gasteiger partial charge on any atom is 0.191 e. The topological polar surface area (TPSA) is 72.7 Å². The van der Waals surface area contributed by atoms with Gasteiger partial charge in [0, 0.05) is 39.2 Å². The lowest BCUT2D eigenvalue weighted by Crippen LogP contribution is -2.38. The van der Waals surface area contributed by atoms with Crippen molar-refractivity contribution in [1.82, 2.24) is 20.4 Å². The second kappa shape index (κ2) is 15.3. The summed E-state index contributed by atoms with van der Waals surface area (Å²) in [5.41, 5.74) is 2.40. The zero-order chi connectivity index (χ0) is 19.2. The second-order valence-electron chi connectivity index (χ2n) is 6.10. The number of benzene rings is 1. The van der Waals surface area contributed by atoms with Crippen molar-refractivity contribution in [3.05, 3.63) is 53.9 Å². The van der Waals surface area contributed by atoms with Crippen LogP contribution in [0.2, 0.25) is 0 Å². The summed E-state index contributed by atoms with van der Waals surface area (Å²) >= 11 is 0. The number of nitrogens with zero attached hydrogens (tertiary/aromatic N) is 3. The normalized spacial score (nSPS) is 11.1. The van der Waals surface area contributed by atoms with Crippen molar-refractivity contribution in [3.63, 3.8) is 0 Å². The highest BCUT2D eigenvalue weighted by Crippen LogP contribution is 2.08. The van der Waals surface area contributed by atoms with Crippen LogP contribution in [0, 0.1) is 0 Å². The Balaban J connectivity index is 0.00000392. The molecule has 8 heteroatoms. The lowest BCUT2D eigenvalue weighted by Gasteiger charge is -2.11. The monoisotopic (exact) mass is 501 g/mol. The van der Waals surface area contributed by atoms with Crippen molar-refractivity contribution in [1.29, 1.82) is 0 Å². The van der Waals surface area contributed by atoms with Gasteiger partial charge < -0.3 is 20.1 Å². The van der Waals surface area contributed by atoms with E-state index in [4.69, 9.17) is 9.47 Å². The molecule has 0 aliphatic carbocycles. The van der Waals surface area contributed by atoms with E-state index in [0.29, 0.717) is 26.4 Å². The third-order valence-electron chi connectivity index (χ3n) is 3.85. The van der Waals surface area contributed by atoms with E-state index >= 15 is 0 Å². The molecule has 2 N–H and O–H groups in total. The lowest BCUT2D eigenvalue weighted by molar-refractivity contribution is 0.0698. The Labute approximate surface area is 184 Å². The molecule has 1 aromatic carbocycles. The van der Waals surface area contributed by atoms with Crippen LogP contribution in [-0.4, -0.2) is 55.8 Å². The third kappa shape index (κ3) is 10.0. The van der Waals surface area contributed by atoms with Crippen LogP contribution in [-0.2, 0) is 22.6 Å². The van der Waals surface area contributed by atoms with Gasteiger partial charge in [0.25, 0.3) is 0 Å². The highest BCUT2D eigenvalue weighted by molar-refractivity contribution is 14.0. The van der Waals surface area contributed by atoms with Crippen LogP contribution in [0.25, 0.3) is 0 Å². The number of rotatable bonds is 12. The van der Waals surface area contributed by atoms with E-state index in [9.17, 15) is 0 Å². The summed E-state index contributed by atoms with van der Waals surface area (Å²) in [6.45, 7) is 7.10. The number of ether oxygens (including phenoxy) is 2. The van der Waals surface area contributed by atoms with E-state index in [1.807, 2.05) is 16.9 Å². The van der Waals surface area contributed by atoms with Crippen LogP contribution in [0.1, 0.15) is 24.5 Å². The fourth-order valence-corrected chi connectivity index (χ4v) is 2.54. The molecular weight excluding hydrogens is 469 g/mol. The summed E-state index contributed by atoms with van der Waals surface area (Å²) in [5.74, 6) is 0.826. The van der Waals surface area contributed by atoms with Gasteiger partial charge >= 0.3 is 0 Å². The smallest absolute Gasteiger partial charge is 0.191 e. The molecule has 156 valence electrons. The standard InChI is InChI=1S/C20H31N5O2.HI/c1-3-21-20(22-9-6-12-27-14-13-26-2)23-16-18-7-4-8-19(15-18)17-25-11-5-10-24-25;/h4-5,7-8,10-11,15H,3,6,9,12-14,16-17H2,1-2H3,(H2,21,22,23);1H. The Morgan fingerprint density at radius 2 is 2.00 bits per heavy atom. The molecule has 0 radical (unpaired) electrons. The van der Waals surface area contributed by atoms with Crippen molar-refractivity contribution in [2.45, 2.75) is 26.4 Å². The van der Waals surface area contributed by atoms with Crippen molar-refractivity contribution in [2.24, 2.45) is 4.99 Å². The number of hydrogen-bond acceptors (Lipinski definition) is 4. The number of aromatic nitrogens is 2. The van der Waals surface area contributed by atoms with Gasteiger partial charge in [-0.3, -0.25) is 4.68 Å². The summed E-state index contributed by atoms with van der Waals surface area (Å²) in [6.07, 6.45) is 4.69. The van der Waals surface area contributed by atoms with E-state index in [0.717, 1.165) is 32.0 Å². The molecule has 0 unspecified atom stereocenters. The lowest BCUT2D eigenvalue weighted by atomic mass is 10.1. The minimum absolute atomic E-state index is 0. The molecule has 0 fully saturated rings. The van der Waals surface area contributed by atoms with Crippen LogP contribution in [0.5, 0.6) is 0 Å². The van der Waals surface area contributed by atoms with Gasteiger partial charge in [-0.15, -0.1) is 24.0 Å². The van der Waals surface area contributed by atoms with E-state index in [1.54, 1.807) is 13.3 Å². The fraction of sp³-hybridized carbons (Fsp3) is 0.500. The Morgan fingerprint density at radius 3 is 2.75 bits per heavy atom. The summed E-state index contributed by atoms with van der Waals surface area (Å²) in [4.78, 5) is 4.68. The largest absolute Gasteiger partial charge is 0.382 e. The number of aliphatic imine (C=N–C) groups is 1. The first-order valence-electron chi connectivity index (χ1n) is 9.46. The van der Waals surface area contributed by atoms with Gasteiger partial charge in [0.2, 0.25) is 0 Å². The minimum Gasteiger partial charge on any atom is -0.382 e. The molecule has 0 atom stereocenters. The molecular formula is C20H32IN5O2. The van der Waals surface area contributed by atoms with Crippen LogP contribution in [0.15, 0.2) is 47.7 Å². The van der Waals surface area contributed by atoms with E-state index < -0.39 is 0 Å². The molecule has 1 heterocycles. The molecule has 0 saturated carbocycles. The first-order valence-corrected chi connectivity index (χ1v) is 9.46. The van der Waals surface area contributed by atoms with E-state index in [-0.39, 0.29) is 24.0 Å². The number of guanidine groups is 1. The molecule has 28 heavy (non-hydrogen) atoms. The van der Waals surface area contributed by atoms with E-state index in [2.05, 4.69) is 51.9 Å². The molecule has 7 nitrogen and oxygen atoms in total. The minimum atomic E-state index is 0. The van der Waals surface area contributed by atoms with Gasteiger partial charge in [-0.05, 0) is 30.5 Å². The first-order chi connectivity index (χ1) is 13.3. The van der Waals surface area contributed by atoms with Crippen molar-refractivity contribution in [2.75, 3.05) is 40.0 Å². The van der Waals surface area contributed by atoms with Gasteiger partial charge in [-0.25, -0.2) is 4.99 Å². The number of halogens is 1. The molecule has 0 bridgehead atoms. The molecule has 0 saturated heterocycles.